The van der Waals surface area contributed by atoms with Crippen molar-refractivity contribution in [3.05, 3.63) is 35.9 Å². The summed E-state index contributed by atoms with van der Waals surface area (Å²) >= 11 is 0. The van der Waals surface area contributed by atoms with Crippen molar-refractivity contribution in [3.63, 3.8) is 0 Å². The molecule has 0 saturated carbocycles. The van der Waals surface area contributed by atoms with Crippen LogP contribution in [0.1, 0.15) is 53.0 Å². The van der Waals surface area contributed by atoms with Gasteiger partial charge in [0.2, 0.25) is 11.8 Å². The molecule has 0 N–H and O–H groups in total. The van der Waals surface area contributed by atoms with Crippen LogP contribution in [-0.2, 0) is 9.47 Å². The average molecular weight is 506 g/mol. The average Bonchev–Trinajstić information content (AvgIpc) is 2.80. The minimum atomic E-state index is -0.578. The number of hydrogen-bond donors (Lipinski definition) is 0. The van der Waals surface area contributed by atoms with Gasteiger partial charge in [-0.3, -0.25) is 0 Å². The summed E-state index contributed by atoms with van der Waals surface area (Å²) in [5.74, 6) is 0.374. The first-order chi connectivity index (χ1) is 17.0. The largest absolute Gasteiger partial charge is 0.491 e. The van der Waals surface area contributed by atoms with Crippen LogP contribution < -0.4 is 14.2 Å². The number of carbonyl (C=O) groups is 1. The molecule has 0 aliphatic carbocycles. The molecule has 1 aliphatic rings. The normalized spacial score (nSPS) is 14.6. The van der Waals surface area contributed by atoms with Crippen LogP contribution in [0.2, 0.25) is 0 Å². The predicted octanol–water partition coefficient (Wildman–Crippen LogP) is 5.30. The summed E-state index contributed by atoms with van der Waals surface area (Å²) in [6.07, 6.45) is 2.01. The van der Waals surface area contributed by atoms with E-state index in [4.69, 9.17) is 23.7 Å². The highest BCUT2D eigenvalue weighted by molar-refractivity contribution is 5.67. The van der Waals surface area contributed by atoms with E-state index in [2.05, 4.69) is 9.97 Å². The van der Waals surface area contributed by atoms with Crippen molar-refractivity contribution in [2.45, 2.75) is 72.2 Å². The van der Waals surface area contributed by atoms with Gasteiger partial charge in [-0.05, 0) is 53.7 Å². The second-order valence-electron chi connectivity index (χ2n) is 9.85. The fourth-order valence-corrected chi connectivity index (χ4v) is 3.50. The SMILES string of the molecule is Cc1c(Oc2ccc(OCCOC(C)(C)C)cc2F)ncnc1OC1CCN(C(=O)OC(C)C)CC1. The van der Waals surface area contributed by atoms with E-state index >= 15 is 0 Å². The lowest BCUT2D eigenvalue weighted by atomic mass is 10.1. The highest BCUT2D eigenvalue weighted by Gasteiger charge is 2.26. The zero-order valence-electron chi connectivity index (χ0n) is 21.9. The van der Waals surface area contributed by atoms with Gasteiger partial charge in [-0.1, -0.05) is 0 Å². The molecule has 1 fully saturated rings. The fourth-order valence-electron chi connectivity index (χ4n) is 3.50. The maximum absolute atomic E-state index is 14.7. The van der Waals surface area contributed by atoms with Crippen molar-refractivity contribution in [1.82, 2.24) is 14.9 Å². The number of carbonyl (C=O) groups excluding carboxylic acids is 1. The number of nitrogens with zero attached hydrogens (tertiary/aromatic N) is 3. The molecule has 10 heteroatoms. The molecular formula is C26H36FN3O6. The monoisotopic (exact) mass is 505 g/mol. The summed E-state index contributed by atoms with van der Waals surface area (Å²) in [5.41, 5.74) is 0.293. The van der Waals surface area contributed by atoms with Gasteiger partial charge in [0.15, 0.2) is 11.6 Å². The van der Waals surface area contributed by atoms with Crippen LogP contribution in [0, 0.1) is 12.7 Å². The van der Waals surface area contributed by atoms with Crippen molar-refractivity contribution in [1.29, 1.82) is 0 Å². The van der Waals surface area contributed by atoms with E-state index in [1.54, 1.807) is 17.9 Å². The molecule has 2 heterocycles. The quantitative estimate of drug-likeness (QED) is 0.424. The first-order valence-corrected chi connectivity index (χ1v) is 12.2. The number of ether oxygens (including phenoxy) is 5. The summed E-state index contributed by atoms with van der Waals surface area (Å²) in [7, 11) is 0. The number of rotatable bonds is 9. The Morgan fingerprint density at radius 2 is 1.83 bits per heavy atom. The van der Waals surface area contributed by atoms with Crippen LogP contribution in [0.25, 0.3) is 0 Å². The van der Waals surface area contributed by atoms with E-state index in [-0.39, 0.29) is 35.5 Å². The third kappa shape index (κ3) is 8.22. The third-order valence-electron chi connectivity index (χ3n) is 5.30. The molecule has 2 aromatic rings. The number of benzene rings is 1. The van der Waals surface area contributed by atoms with Gasteiger partial charge < -0.3 is 28.6 Å². The van der Waals surface area contributed by atoms with Crippen molar-refractivity contribution in [2.24, 2.45) is 0 Å². The smallest absolute Gasteiger partial charge is 0.410 e. The van der Waals surface area contributed by atoms with Crippen LogP contribution >= 0.6 is 0 Å². The molecule has 1 aliphatic heterocycles. The second kappa shape index (κ2) is 12.2. The van der Waals surface area contributed by atoms with Crippen molar-refractivity contribution < 1.29 is 32.9 Å². The molecule has 3 rings (SSSR count). The Labute approximate surface area is 211 Å². The van der Waals surface area contributed by atoms with Gasteiger partial charge >= 0.3 is 6.09 Å². The molecule has 0 unspecified atom stereocenters. The second-order valence-corrected chi connectivity index (χ2v) is 9.85. The fraction of sp³-hybridized carbons (Fsp3) is 0.577. The lowest BCUT2D eigenvalue weighted by molar-refractivity contribution is -0.0163. The van der Waals surface area contributed by atoms with Gasteiger partial charge in [0.05, 0.1) is 23.9 Å². The van der Waals surface area contributed by atoms with Gasteiger partial charge in [0.25, 0.3) is 0 Å². The maximum Gasteiger partial charge on any atom is 0.410 e. The number of aromatic nitrogens is 2. The third-order valence-corrected chi connectivity index (χ3v) is 5.30. The van der Waals surface area contributed by atoms with Gasteiger partial charge in [-0.2, -0.15) is 0 Å². The Hall–Kier alpha value is -3.14. The van der Waals surface area contributed by atoms with E-state index in [0.717, 1.165) is 0 Å². The molecule has 0 atom stereocenters. The minimum Gasteiger partial charge on any atom is -0.491 e. The topological polar surface area (TPSA) is 92.2 Å². The Balaban J connectivity index is 1.56. The van der Waals surface area contributed by atoms with E-state index < -0.39 is 5.82 Å². The summed E-state index contributed by atoms with van der Waals surface area (Å²) in [5, 5.41) is 0. The van der Waals surface area contributed by atoms with Gasteiger partial charge in [-0.25, -0.2) is 19.2 Å². The molecule has 0 radical (unpaired) electrons. The minimum absolute atomic E-state index is 0.0121. The van der Waals surface area contributed by atoms with Crippen LogP contribution in [0.3, 0.4) is 0 Å². The molecule has 9 nitrogen and oxygen atoms in total. The molecule has 0 spiro atoms. The van der Waals surface area contributed by atoms with Gasteiger partial charge in [-0.15, -0.1) is 0 Å². The lowest BCUT2D eigenvalue weighted by Gasteiger charge is -2.31. The number of likely N-dealkylation sites (tertiary alicyclic amines) is 1. The highest BCUT2D eigenvalue weighted by Crippen LogP contribution is 2.31. The summed E-state index contributed by atoms with van der Waals surface area (Å²) in [6, 6.07) is 4.38. The number of halogens is 1. The van der Waals surface area contributed by atoms with Crippen molar-refractivity contribution in [3.8, 4) is 23.3 Å². The molecule has 1 amide bonds. The maximum atomic E-state index is 14.7. The summed E-state index contributed by atoms with van der Waals surface area (Å²) < 4.78 is 42.9. The molecule has 1 saturated heterocycles. The zero-order valence-corrected chi connectivity index (χ0v) is 21.9. The number of hydrogen-bond acceptors (Lipinski definition) is 8. The molecular weight excluding hydrogens is 469 g/mol. The Bertz CT molecular complexity index is 1020. The van der Waals surface area contributed by atoms with E-state index in [1.807, 2.05) is 34.6 Å². The van der Waals surface area contributed by atoms with E-state index in [0.29, 0.717) is 56.3 Å². The van der Waals surface area contributed by atoms with Crippen LogP contribution in [0.4, 0.5) is 9.18 Å². The molecule has 198 valence electrons. The van der Waals surface area contributed by atoms with E-state index in [1.165, 1.54) is 18.5 Å². The van der Waals surface area contributed by atoms with Crippen molar-refractivity contribution >= 4 is 6.09 Å². The highest BCUT2D eigenvalue weighted by atomic mass is 19.1. The lowest BCUT2D eigenvalue weighted by Crippen LogP contribution is -2.42. The molecule has 0 bridgehead atoms. The van der Waals surface area contributed by atoms with E-state index in [9.17, 15) is 9.18 Å². The Kier molecular flexibility index (Phi) is 9.31. The summed E-state index contributed by atoms with van der Waals surface area (Å²) in [4.78, 5) is 22.1. The molecule has 1 aromatic carbocycles. The van der Waals surface area contributed by atoms with Gasteiger partial charge in [0, 0.05) is 32.0 Å². The van der Waals surface area contributed by atoms with Crippen LogP contribution in [0.15, 0.2) is 24.5 Å². The van der Waals surface area contributed by atoms with Crippen molar-refractivity contribution in [2.75, 3.05) is 26.3 Å². The van der Waals surface area contributed by atoms with Gasteiger partial charge in [0.1, 0.15) is 24.8 Å². The first-order valence-electron chi connectivity index (χ1n) is 12.2. The number of amides is 1. The summed E-state index contributed by atoms with van der Waals surface area (Å²) in [6.45, 7) is 13.0. The zero-order chi connectivity index (χ0) is 26.3. The molecule has 1 aromatic heterocycles. The van der Waals surface area contributed by atoms with Crippen LogP contribution in [0.5, 0.6) is 23.3 Å². The number of piperidine rings is 1. The Morgan fingerprint density at radius 3 is 2.47 bits per heavy atom. The molecule has 36 heavy (non-hydrogen) atoms. The Morgan fingerprint density at radius 1 is 1.14 bits per heavy atom. The first kappa shape index (κ1) is 27.4. The standard InChI is InChI=1S/C26H36FN3O6/c1-17(2)34-25(31)30-11-9-19(10-12-30)35-23-18(3)24(29-16-28-23)36-22-8-7-20(15-21(22)27)32-13-14-33-26(4,5)6/h7-8,15-17,19H,9-14H2,1-6H3. The predicted molar refractivity (Wildman–Crippen MR) is 131 cm³/mol. The van der Waals surface area contributed by atoms with Crippen LogP contribution in [-0.4, -0.2) is 65.1 Å².